The molecule has 0 aliphatic heterocycles. The molecule has 0 bridgehead atoms. The predicted octanol–water partition coefficient (Wildman–Crippen LogP) is 4.18. The Morgan fingerprint density at radius 3 is 2.33 bits per heavy atom. The normalized spacial score (nSPS) is 14.9. The molecule has 1 aromatic carbocycles. The highest BCUT2D eigenvalue weighted by molar-refractivity contribution is 6.30. The third-order valence-electron chi connectivity index (χ3n) is 2.63. The minimum absolute atomic E-state index is 0.392. The van der Waals surface area contributed by atoms with Crippen molar-refractivity contribution in [3.8, 4) is 0 Å². The molecule has 0 aliphatic carbocycles. The first-order valence-corrected chi connectivity index (χ1v) is 6.02. The van der Waals surface area contributed by atoms with Crippen LogP contribution in [0.5, 0.6) is 0 Å². The number of hydrogen-bond donors (Lipinski definition) is 1. The lowest BCUT2D eigenvalue weighted by Gasteiger charge is -2.19. The second-order valence-electron chi connectivity index (χ2n) is 4.13. The Bertz CT molecular complexity index is 281. The van der Waals surface area contributed by atoms with E-state index in [4.69, 9.17) is 11.6 Å². The first kappa shape index (κ1) is 12.5. The van der Waals surface area contributed by atoms with Crippen molar-refractivity contribution in [3.05, 3.63) is 34.9 Å². The summed E-state index contributed by atoms with van der Waals surface area (Å²) in [6.07, 6.45) is 2.44. The van der Waals surface area contributed by atoms with Crippen molar-refractivity contribution in [1.82, 2.24) is 5.32 Å². The summed E-state index contributed by atoms with van der Waals surface area (Å²) in [6.45, 7) is 6.64. The summed E-state index contributed by atoms with van der Waals surface area (Å²) in [5.41, 5.74) is 1.29. The minimum atomic E-state index is 0.392. The molecule has 0 aromatic heterocycles. The van der Waals surface area contributed by atoms with E-state index in [-0.39, 0.29) is 0 Å². The maximum Gasteiger partial charge on any atom is 0.0406 e. The number of halogens is 1. The molecule has 15 heavy (non-hydrogen) atoms. The standard InChI is InChI=1S/C13H20ClN/c1-4-5-10(2)15-11(3)12-6-8-13(14)9-7-12/h6-11,15H,4-5H2,1-3H3/t10?,11-/m0/s1. The van der Waals surface area contributed by atoms with Gasteiger partial charge >= 0.3 is 0 Å². The van der Waals surface area contributed by atoms with Crippen LogP contribution in [0.3, 0.4) is 0 Å². The van der Waals surface area contributed by atoms with Crippen LogP contribution in [0.25, 0.3) is 0 Å². The van der Waals surface area contributed by atoms with E-state index in [0.717, 1.165) is 5.02 Å². The summed E-state index contributed by atoms with van der Waals surface area (Å²) in [6, 6.07) is 9.01. The molecule has 1 N–H and O–H groups in total. The van der Waals surface area contributed by atoms with Crippen molar-refractivity contribution in [3.63, 3.8) is 0 Å². The SMILES string of the molecule is CCCC(C)N[C@@H](C)c1ccc(Cl)cc1. The van der Waals surface area contributed by atoms with Gasteiger partial charge in [-0.15, -0.1) is 0 Å². The van der Waals surface area contributed by atoms with E-state index >= 15 is 0 Å². The highest BCUT2D eigenvalue weighted by Crippen LogP contribution is 2.16. The summed E-state index contributed by atoms with van der Waals surface area (Å²) in [5, 5.41) is 4.37. The number of nitrogens with one attached hydrogen (secondary N) is 1. The highest BCUT2D eigenvalue weighted by Gasteiger charge is 2.08. The topological polar surface area (TPSA) is 12.0 Å². The lowest BCUT2D eigenvalue weighted by atomic mass is 10.1. The third-order valence-corrected chi connectivity index (χ3v) is 2.88. The predicted molar refractivity (Wildman–Crippen MR) is 67.4 cm³/mol. The van der Waals surface area contributed by atoms with E-state index in [1.807, 2.05) is 12.1 Å². The smallest absolute Gasteiger partial charge is 0.0406 e. The molecule has 1 aromatic rings. The Kier molecular flexibility index (Phi) is 5.13. The van der Waals surface area contributed by atoms with Crippen LogP contribution in [-0.4, -0.2) is 6.04 Å². The van der Waals surface area contributed by atoms with Crippen LogP contribution in [0, 0.1) is 0 Å². The summed E-state index contributed by atoms with van der Waals surface area (Å²) in [5.74, 6) is 0. The van der Waals surface area contributed by atoms with Crippen molar-refractivity contribution < 1.29 is 0 Å². The zero-order valence-corrected chi connectivity index (χ0v) is 10.5. The van der Waals surface area contributed by atoms with Gasteiger partial charge in [-0.1, -0.05) is 37.1 Å². The Balaban J connectivity index is 2.53. The van der Waals surface area contributed by atoms with Gasteiger partial charge in [0.1, 0.15) is 0 Å². The average Bonchev–Trinajstić information content (AvgIpc) is 2.18. The quantitative estimate of drug-likeness (QED) is 0.793. The van der Waals surface area contributed by atoms with Crippen LogP contribution in [0.2, 0.25) is 5.02 Å². The van der Waals surface area contributed by atoms with E-state index in [1.165, 1.54) is 18.4 Å². The van der Waals surface area contributed by atoms with E-state index in [0.29, 0.717) is 12.1 Å². The van der Waals surface area contributed by atoms with E-state index in [1.54, 1.807) is 0 Å². The molecule has 0 fully saturated rings. The minimum Gasteiger partial charge on any atom is -0.308 e. The molecule has 1 rings (SSSR count). The van der Waals surface area contributed by atoms with Gasteiger partial charge in [-0.3, -0.25) is 0 Å². The zero-order chi connectivity index (χ0) is 11.3. The second-order valence-corrected chi connectivity index (χ2v) is 4.57. The molecule has 2 atom stereocenters. The fraction of sp³-hybridized carbons (Fsp3) is 0.538. The third kappa shape index (κ3) is 4.23. The molecule has 0 aliphatic rings. The molecule has 0 saturated heterocycles. The molecule has 0 saturated carbocycles. The maximum atomic E-state index is 5.85. The number of benzene rings is 1. The number of hydrogen-bond acceptors (Lipinski definition) is 1. The molecular formula is C13H20ClN. The van der Waals surface area contributed by atoms with Crippen molar-refractivity contribution in [1.29, 1.82) is 0 Å². The first-order chi connectivity index (χ1) is 7.13. The van der Waals surface area contributed by atoms with Gasteiger partial charge in [0.05, 0.1) is 0 Å². The van der Waals surface area contributed by atoms with E-state index in [2.05, 4.69) is 38.2 Å². The second kappa shape index (κ2) is 6.14. The van der Waals surface area contributed by atoms with Crippen LogP contribution in [0.15, 0.2) is 24.3 Å². The molecule has 0 radical (unpaired) electrons. The zero-order valence-electron chi connectivity index (χ0n) is 9.76. The molecule has 1 nitrogen and oxygen atoms in total. The van der Waals surface area contributed by atoms with Crippen LogP contribution in [0.4, 0.5) is 0 Å². The van der Waals surface area contributed by atoms with Crippen molar-refractivity contribution in [2.75, 3.05) is 0 Å². The van der Waals surface area contributed by atoms with E-state index in [9.17, 15) is 0 Å². The fourth-order valence-corrected chi connectivity index (χ4v) is 1.92. The van der Waals surface area contributed by atoms with Gasteiger partial charge in [-0.2, -0.15) is 0 Å². The molecule has 1 unspecified atom stereocenters. The van der Waals surface area contributed by atoms with Crippen LogP contribution < -0.4 is 5.32 Å². The number of rotatable bonds is 5. The molecule has 0 amide bonds. The van der Waals surface area contributed by atoms with Gasteiger partial charge in [0, 0.05) is 17.1 Å². The van der Waals surface area contributed by atoms with Gasteiger partial charge < -0.3 is 5.32 Å². The van der Waals surface area contributed by atoms with Gasteiger partial charge in [0.15, 0.2) is 0 Å². The van der Waals surface area contributed by atoms with Gasteiger partial charge in [-0.05, 0) is 38.0 Å². The van der Waals surface area contributed by atoms with Crippen LogP contribution in [0.1, 0.15) is 45.2 Å². The van der Waals surface area contributed by atoms with Crippen LogP contribution >= 0.6 is 11.6 Å². The maximum absolute atomic E-state index is 5.85. The summed E-state index contributed by atoms with van der Waals surface area (Å²) >= 11 is 5.85. The highest BCUT2D eigenvalue weighted by atomic mass is 35.5. The lowest BCUT2D eigenvalue weighted by Crippen LogP contribution is -2.28. The Morgan fingerprint density at radius 2 is 1.80 bits per heavy atom. The molecule has 2 heteroatoms. The van der Waals surface area contributed by atoms with Crippen LogP contribution in [-0.2, 0) is 0 Å². The Hall–Kier alpha value is -0.530. The van der Waals surface area contributed by atoms with Crippen molar-refractivity contribution >= 4 is 11.6 Å². The summed E-state index contributed by atoms with van der Waals surface area (Å²) < 4.78 is 0. The Labute approximate surface area is 97.8 Å². The monoisotopic (exact) mass is 225 g/mol. The molecule has 0 heterocycles. The largest absolute Gasteiger partial charge is 0.308 e. The molecule has 84 valence electrons. The van der Waals surface area contributed by atoms with Gasteiger partial charge in [-0.25, -0.2) is 0 Å². The van der Waals surface area contributed by atoms with Gasteiger partial charge in [0.25, 0.3) is 0 Å². The van der Waals surface area contributed by atoms with Crippen molar-refractivity contribution in [2.45, 2.75) is 45.7 Å². The fourth-order valence-electron chi connectivity index (χ4n) is 1.79. The van der Waals surface area contributed by atoms with E-state index < -0.39 is 0 Å². The molecular weight excluding hydrogens is 206 g/mol. The summed E-state index contributed by atoms with van der Waals surface area (Å²) in [4.78, 5) is 0. The Morgan fingerprint density at radius 1 is 1.20 bits per heavy atom. The lowest BCUT2D eigenvalue weighted by molar-refractivity contribution is 0.453. The average molecular weight is 226 g/mol. The summed E-state index contributed by atoms with van der Waals surface area (Å²) in [7, 11) is 0. The van der Waals surface area contributed by atoms with Gasteiger partial charge in [0.2, 0.25) is 0 Å². The van der Waals surface area contributed by atoms with Crippen molar-refractivity contribution in [2.24, 2.45) is 0 Å². The molecule has 0 spiro atoms. The first-order valence-electron chi connectivity index (χ1n) is 5.65.